The summed E-state index contributed by atoms with van der Waals surface area (Å²) in [5, 5.41) is 0. The second-order valence-corrected chi connectivity index (χ2v) is 8.22. The zero-order valence-corrected chi connectivity index (χ0v) is 18.5. The summed E-state index contributed by atoms with van der Waals surface area (Å²) in [5.74, 6) is 2.75. The number of fused-ring (bicyclic) bond motifs is 2. The fraction of sp³-hybridized carbons (Fsp3) is 0.296. The van der Waals surface area contributed by atoms with Crippen LogP contribution in [0.15, 0.2) is 66.7 Å². The van der Waals surface area contributed by atoms with Crippen LogP contribution >= 0.6 is 0 Å². The van der Waals surface area contributed by atoms with Gasteiger partial charge in [-0.1, -0.05) is 36.4 Å². The molecule has 2 aliphatic rings. The highest BCUT2D eigenvalue weighted by atomic mass is 16.7. The maximum absolute atomic E-state index is 13.6. The van der Waals surface area contributed by atoms with Gasteiger partial charge in [0.15, 0.2) is 23.0 Å². The van der Waals surface area contributed by atoms with E-state index in [1.54, 1.807) is 6.07 Å². The molecular weight excluding hydrogens is 418 g/mol. The van der Waals surface area contributed by atoms with E-state index < -0.39 is 0 Å². The van der Waals surface area contributed by atoms with E-state index in [0.29, 0.717) is 43.4 Å². The number of rotatable bonds is 7. The zero-order valence-electron chi connectivity index (χ0n) is 18.5. The fourth-order valence-corrected chi connectivity index (χ4v) is 4.11. The Hall–Kier alpha value is -3.67. The Balaban J connectivity index is 1.35. The van der Waals surface area contributed by atoms with E-state index in [4.69, 9.17) is 18.9 Å². The minimum atomic E-state index is -0.0311. The van der Waals surface area contributed by atoms with Crippen LogP contribution in [-0.4, -0.2) is 37.4 Å². The van der Waals surface area contributed by atoms with Crippen LogP contribution in [0.3, 0.4) is 0 Å². The molecule has 2 heterocycles. The lowest BCUT2D eigenvalue weighted by Gasteiger charge is -2.24. The maximum atomic E-state index is 13.6. The monoisotopic (exact) mass is 445 g/mol. The third kappa shape index (κ3) is 5.06. The minimum Gasteiger partial charge on any atom is -0.490 e. The Bertz CT molecular complexity index is 1110. The number of amides is 1. The van der Waals surface area contributed by atoms with E-state index in [-0.39, 0.29) is 12.7 Å². The van der Waals surface area contributed by atoms with Crippen LogP contribution in [0.25, 0.3) is 0 Å². The molecule has 0 N–H and O–H groups in total. The highest BCUT2D eigenvalue weighted by Gasteiger charge is 2.21. The molecule has 2 aliphatic heterocycles. The first-order valence-electron chi connectivity index (χ1n) is 11.4. The van der Waals surface area contributed by atoms with Crippen LogP contribution in [0.1, 0.15) is 34.3 Å². The third-order valence-corrected chi connectivity index (χ3v) is 5.83. The van der Waals surface area contributed by atoms with Crippen LogP contribution in [0.4, 0.5) is 0 Å². The van der Waals surface area contributed by atoms with Crippen molar-refractivity contribution in [3.8, 4) is 23.0 Å². The van der Waals surface area contributed by atoms with Gasteiger partial charge in [0.2, 0.25) is 6.79 Å². The van der Waals surface area contributed by atoms with Crippen molar-refractivity contribution < 1.29 is 23.7 Å². The molecule has 3 aromatic carbocycles. The highest BCUT2D eigenvalue weighted by molar-refractivity contribution is 5.95. The predicted octanol–water partition coefficient (Wildman–Crippen LogP) is 4.85. The molecule has 0 unspecified atom stereocenters. The molecule has 6 nitrogen and oxygen atoms in total. The average Bonchev–Trinajstić information content (AvgIpc) is 3.19. The van der Waals surface area contributed by atoms with Crippen molar-refractivity contribution in [1.29, 1.82) is 0 Å². The number of ether oxygens (including phenoxy) is 4. The largest absolute Gasteiger partial charge is 0.490 e. The summed E-state index contributed by atoms with van der Waals surface area (Å²) in [7, 11) is 0. The summed E-state index contributed by atoms with van der Waals surface area (Å²) in [5.41, 5.74) is 2.87. The number of aryl methyl sites for hydroxylation is 1. The third-order valence-electron chi connectivity index (χ3n) is 5.83. The minimum absolute atomic E-state index is 0.0311. The molecule has 0 fully saturated rings. The van der Waals surface area contributed by atoms with E-state index in [2.05, 4.69) is 12.1 Å². The Morgan fingerprint density at radius 3 is 2.36 bits per heavy atom. The molecular formula is C27H27NO5. The zero-order chi connectivity index (χ0) is 22.5. The van der Waals surface area contributed by atoms with Crippen LogP contribution in [0.2, 0.25) is 0 Å². The van der Waals surface area contributed by atoms with Gasteiger partial charge in [-0.2, -0.15) is 0 Å². The van der Waals surface area contributed by atoms with Gasteiger partial charge in [0, 0.05) is 25.1 Å². The summed E-state index contributed by atoms with van der Waals surface area (Å²) in [6.07, 6.45) is 2.60. The van der Waals surface area contributed by atoms with Gasteiger partial charge in [-0.3, -0.25) is 4.79 Å². The molecule has 0 radical (unpaired) electrons. The molecule has 3 aromatic rings. The number of benzene rings is 3. The smallest absolute Gasteiger partial charge is 0.254 e. The molecule has 1 amide bonds. The SMILES string of the molecule is O=C(c1ccc2c(c1)OCCCO2)N(CCCc1ccccc1)Cc1ccc2c(c1)OCO2. The van der Waals surface area contributed by atoms with E-state index in [1.165, 1.54) is 5.56 Å². The van der Waals surface area contributed by atoms with Crippen LogP contribution < -0.4 is 18.9 Å². The molecule has 0 atom stereocenters. The van der Waals surface area contributed by atoms with Gasteiger partial charge in [-0.25, -0.2) is 0 Å². The van der Waals surface area contributed by atoms with Crippen molar-refractivity contribution in [3.63, 3.8) is 0 Å². The van der Waals surface area contributed by atoms with Crippen molar-refractivity contribution in [3.05, 3.63) is 83.4 Å². The van der Waals surface area contributed by atoms with Crippen LogP contribution in [-0.2, 0) is 13.0 Å². The van der Waals surface area contributed by atoms with Crippen LogP contribution in [0, 0.1) is 0 Å². The summed E-state index contributed by atoms with van der Waals surface area (Å²) in [4.78, 5) is 15.5. The number of hydrogen-bond acceptors (Lipinski definition) is 5. The molecule has 0 bridgehead atoms. The van der Waals surface area contributed by atoms with Crippen molar-refractivity contribution >= 4 is 5.91 Å². The van der Waals surface area contributed by atoms with Gasteiger partial charge < -0.3 is 23.8 Å². The van der Waals surface area contributed by atoms with Crippen molar-refractivity contribution in [2.24, 2.45) is 0 Å². The highest BCUT2D eigenvalue weighted by Crippen LogP contribution is 2.34. The lowest BCUT2D eigenvalue weighted by molar-refractivity contribution is 0.0740. The number of carbonyl (C=O) groups is 1. The van der Waals surface area contributed by atoms with Crippen molar-refractivity contribution in [2.75, 3.05) is 26.6 Å². The van der Waals surface area contributed by atoms with Crippen molar-refractivity contribution in [1.82, 2.24) is 4.90 Å². The summed E-state index contributed by atoms with van der Waals surface area (Å²) >= 11 is 0. The Kier molecular flexibility index (Phi) is 6.33. The van der Waals surface area contributed by atoms with Crippen LogP contribution in [0.5, 0.6) is 23.0 Å². The second-order valence-electron chi connectivity index (χ2n) is 8.22. The fourth-order valence-electron chi connectivity index (χ4n) is 4.11. The molecule has 0 saturated heterocycles. The van der Waals surface area contributed by atoms with Gasteiger partial charge >= 0.3 is 0 Å². The normalized spacial score (nSPS) is 13.9. The van der Waals surface area contributed by atoms with Gasteiger partial charge in [0.25, 0.3) is 5.91 Å². The number of nitrogens with zero attached hydrogens (tertiary/aromatic N) is 1. The first kappa shape index (κ1) is 21.2. The molecule has 33 heavy (non-hydrogen) atoms. The van der Waals surface area contributed by atoms with E-state index in [9.17, 15) is 4.79 Å². The van der Waals surface area contributed by atoms with Crippen molar-refractivity contribution in [2.45, 2.75) is 25.8 Å². The lowest BCUT2D eigenvalue weighted by atomic mass is 10.1. The Morgan fingerprint density at radius 1 is 0.758 bits per heavy atom. The molecule has 170 valence electrons. The predicted molar refractivity (Wildman–Crippen MR) is 124 cm³/mol. The first-order chi connectivity index (χ1) is 16.3. The quantitative estimate of drug-likeness (QED) is 0.520. The van der Waals surface area contributed by atoms with Gasteiger partial charge in [-0.05, 0) is 54.3 Å². The topological polar surface area (TPSA) is 57.2 Å². The second kappa shape index (κ2) is 9.86. The number of hydrogen-bond donors (Lipinski definition) is 0. The Morgan fingerprint density at radius 2 is 1.48 bits per heavy atom. The molecule has 0 aliphatic carbocycles. The summed E-state index contributed by atoms with van der Waals surface area (Å²) in [6, 6.07) is 21.6. The molecule has 0 spiro atoms. The van der Waals surface area contributed by atoms with Gasteiger partial charge in [0.1, 0.15) is 0 Å². The summed E-state index contributed by atoms with van der Waals surface area (Å²) in [6.45, 7) is 2.56. The van der Waals surface area contributed by atoms with Gasteiger partial charge in [0.05, 0.1) is 13.2 Å². The van der Waals surface area contributed by atoms with E-state index >= 15 is 0 Å². The average molecular weight is 446 g/mol. The molecule has 6 heteroatoms. The standard InChI is InChI=1S/C27H27NO5/c29-27(22-10-12-23-26(17-22)31-15-5-14-30-23)28(13-4-8-20-6-2-1-3-7-20)18-21-9-11-24-25(16-21)33-19-32-24/h1-3,6-7,9-12,16-17H,4-5,8,13-15,18-19H2. The lowest BCUT2D eigenvalue weighted by Crippen LogP contribution is -2.31. The summed E-state index contributed by atoms with van der Waals surface area (Å²) < 4.78 is 22.5. The Labute approximate surface area is 193 Å². The number of carbonyl (C=O) groups excluding carboxylic acids is 1. The van der Waals surface area contributed by atoms with E-state index in [1.807, 2.05) is 53.4 Å². The first-order valence-corrected chi connectivity index (χ1v) is 11.4. The maximum Gasteiger partial charge on any atom is 0.254 e. The molecule has 0 saturated carbocycles. The molecule has 5 rings (SSSR count). The molecule has 0 aromatic heterocycles. The van der Waals surface area contributed by atoms with E-state index in [0.717, 1.165) is 36.3 Å². The van der Waals surface area contributed by atoms with Gasteiger partial charge in [-0.15, -0.1) is 0 Å².